The van der Waals surface area contributed by atoms with Gasteiger partial charge in [-0.1, -0.05) is 12.8 Å². The van der Waals surface area contributed by atoms with Crippen molar-refractivity contribution in [2.75, 3.05) is 13.1 Å². The van der Waals surface area contributed by atoms with Crippen LogP contribution in [-0.4, -0.2) is 45.4 Å². The van der Waals surface area contributed by atoms with Crippen molar-refractivity contribution in [2.45, 2.75) is 88.3 Å². The standard InChI is InChI=1S/C21H29N3OS/c25-20-21-10-5-11-24(21)17(19-22-16-8-3-4-9-18(16)26-19)12-14(21)13-23(20)15-6-1-2-7-15/h14-15,17H,1-13H2/t14-,17-,21-/m0/s1. The molecule has 26 heavy (non-hydrogen) atoms. The minimum atomic E-state index is -0.167. The number of aromatic nitrogens is 1. The Morgan fingerprint density at radius 3 is 2.77 bits per heavy atom. The van der Waals surface area contributed by atoms with Crippen LogP contribution >= 0.6 is 11.3 Å². The van der Waals surface area contributed by atoms with Crippen LogP contribution in [0.5, 0.6) is 0 Å². The summed E-state index contributed by atoms with van der Waals surface area (Å²) >= 11 is 1.97. The van der Waals surface area contributed by atoms with Crippen LogP contribution in [0.2, 0.25) is 0 Å². The molecular formula is C21H29N3OS. The van der Waals surface area contributed by atoms with Crippen molar-refractivity contribution in [3.63, 3.8) is 0 Å². The van der Waals surface area contributed by atoms with Crippen LogP contribution in [-0.2, 0) is 17.6 Å². The number of carbonyl (C=O) groups is 1. The predicted octanol–water partition coefficient (Wildman–Crippen LogP) is 3.70. The maximum atomic E-state index is 13.6. The summed E-state index contributed by atoms with van der Waals surface area (Å²) in [7, 11) is 0. The van der Waals surface area contributed by atoms with Gasteiger partial charge in [-0.15, -0.1) is 11.3 Å². The first-order chi connectivity index (χ1) is 12.8. The lowest BCUT2D eigenvalue weighted by Crippen LogP contribution is -2.51. The maximum Gasteiger partial charge on any atom is 0.243 e. The number of carbonyl (C=O) groups excluding carboxylic acids is 1. The van der Waals surface area contributed by atoms with E-state index in [9.17, 15) is 4.79 Å². The van der Waals surface area contributed by atoms with Gasteiger partial charge in [0.25, 0.3) is 0 Å². The third-order valence-electron chi connectivity index (χ3n) is 7.99. The normalized spacial score (nSPS) is 37.4. The van der Waals surface area contributed by atoms with Crippen LogP contribution in [0.4, 0.5) is 0 Å². The second kappa shape index (κ2) is 5.78. The molecule has 2 aliphatic carbocycles. The van der Waals surface area contributed by atoms with Gasteiger partial charge in [-0.05, 0) is 64.3 Å². The topological polar surface area (TPSA) is 36.4 Å². The van der Waals surface area contributed by atoms with E-state index in [4.69, 9.17) is 4.98 Å². The fraction of sp³-hybridized carbons (Fsp3) is 0.810. The van der Waals surface area contributed by atoms with Gasteiger partial charge < -0.3 is 4.90 Å². The van der Waals surface area contributed by atoms with Crippen LogP contribution in [0.25, 0.3) is 0 Å². The minimum absolute atomic E-state index is 0.167. The molecule has 5 aliphatic rings. The molecule has 0 N–H and O–H groups in total. The molecule has 4 nitrogen and oxygen atoms in total. The highest BCUT2D eigenvalue weighted by Crippen LogP contribution is 2.57. The first-order valence-electron chi connectivity index (χ1n) is 10.8. The summed E-state index contributed by atoms with van der Waals surface area (Å²) in [5.41, 5.74) is 1.21. The zero-order chi connectivity index (χ0) is 17.3. The number of fused-ring (bicyclic) bond motifs is 1. The van der Waals surface area contributed by atoms with Gasteiger partial charge in [0.1, 0.15) is 10.5 Å². The highest BCUT2D eigenvalue weighted by molar-refractivity contribution is 7.11. The van der Waals surface area contributed by atoms with Gasteiger partial charge in [-0.2, -0.15) is 0 Å². The molecule has 1 amide bonds. The molecule has 1 aromatic rings. The van der Waals surface area contributed by atoms with E-state index in [0.717, 1.165) is 25.9 Å². The zero-order valence-electron chi connectivity index (χ0n) is 15.6. The SMILES string of the molecule is O=C1N(C2CCCC2)C[C@@H]2C[C@@H](c3nc4c(s3)CCCC4)N3CCC[C@@]123. The van der Waals surface area contributed by atoms with Crippen molar-refractivity contribution in [3.05, 3.63) is 15.6 Å². The van der Waals surface area contributed by atoms with Gasteiger partial charge in [-0.3, -0.25) is 9.69 Å². The van der Waals surface area contributed by atoms with Crippen molar-refractivity contribution in [3.8, 4) is 0 Å². The smallest absolute Gasteiger partial charge is 0.243 e. The molecule has 1 aromatic heterocycles. The maximum absolute atomic E-state index is 13.6. The van der Waals surface area contributed by atoms with Crippen LogP contribution in [0.3, 0.4) is 0 Å². The monoisotopic (exact) mass is 371 g/mol. The van der Waals surface area contributed by atoms with E-state index >= 15 is 0 Å². The first-order valence-corrected chi connectivity index (χ1v) is 11.7. The Balaban J connectivity index is 1.32. The fourth-order valence-electron chi connectivity index (χ4n) is 6.80. The quantitative estimate of drug-likeness (QED) is 0.795. The molecule has 1 saturated carbocycles. The summed E-state index contributed by atoms with van der Waals surface area (Å²) in [4.78, 5) is 25.2. The van der Waals surface area contributed by atoms with E-state index in [2.05, 4.69) is 9.80 Å². The molecule has 5 heteroatoms. The lowest BCUT2D eigenvalue weighted by molar-refractivity contribution is -0.138. The summed E-state index contributed by atoms with van der Waals surface area (Å²) in [5.74, 6) is 1.01. The number of thiazole rings is 1. The molecule has 4 fully saturated rings. The molecule has 4 heterocycles. The van der Waals surface area contributed by atoms with E-state index in [1.54, 1.807) is 0 Å². The van der Waals surface area contributed by atoms with Crippen LogP contribution in [0, 0.1) is 5.92 Å². The average Bonchev–Trinajstić information content (AvgIpc) is 3.43. The molecule has 3 aliphatic heterocycles. The van der Waals surface area contributed by atoms with E-state index in [1.807, 2.05) is 11.3 Å². The summed E-state index contributed by atoms with van der Waals surface area (Å²) in [6.45, 7) is 2.11. The molecule has 3 atom stereocenters. The number of hydrogen-bond acceptors (Lipinski definition) is 4. The van der Waals surface area contributed by atoms with E-state index < -0.39 is 0 Å². The Labute approximate surface area is 160 Å². The van der Waals surface area contributed by atoms with Crippen molar-refractivity contribution < 1.29 is 4.79 Å². The van der Waals surface area contributed by atoms with Gasteiger partial charge in [0, 0.05) is 23.4 Å². The molecule has 0 bridgehead atoms. The van der Waals surface area contributed by atoms with Gasteiger partial charge in [0.15, 0.2) is 0 Å². The second-order valence-corrected chi connectivity index (χ2v) is 10.3. The molecule has 0 radical (unpaired) electrons. The Morgan fingerprint density at radius 1 is 1.08 bits per heavy atom. The molecule has 0 aromatic carbocycles. The third-order valence-corrected chi connectivity index (χ3v) is 9.25. The molecule has 0 unspecified atom stereocenters. The summed E-state index contributed by atoms with van der Waals surface area (Å²) < 4.78 is 0. The average molecular weight is 372 g/mol. The Morgan fingerprint density at radius 2 is 1.92 bits per heavy atom. The molecule has 140 valence electrons. The van der Waals surface area contributed by atoms with Gasteiger partial charge in [0.05, 0.1) is 11.7 Å². The Hall–Kier alpha value is -0.940. The summed E-state index contributed by atoms with van der Waals surface area (Å²) in [5, 5.41) is 1.33. The minimum Gasteiger partial charge on any atom is -0.338 e. The number of hydrogen-bond donors (Lipinski definition) is 0. The number of aryl methyl sites for hydroxylation is 2. The van der Waals surface area contributed by atoms with E-state index in [0.29, 0.717) is 23.9 Å². The zero-order valence-corrected chi connectivity index (χ0v) is 16.4. The predicted molar refractivity (Wildman–Crippen MR) is 102 cm³/mol. The van der Waals surface area contributed by atoms with Gasteiger partial charge in [-0.25, -0.2) is 4.98 Å². The van der Waals surface area contributed by atoms with Crippen molar-refractivity contribution >= 4 is 17.2 Å². The lowest BCUT2D eigenvalue weighted by Gasteiger charge is -2.34. The Kier molecular flexibility index (Phi) is 3.57. The third kappa shape index (κ3) is 2.05. The van der Waals surface area contributed by atoms with Crippen molar-refractivity contribution in [2.24, 2.45) is 5.92 Å². The van der Waals surface area contributed by atoms with Crippen molar-refractivity contribution in [1.82, 2.24) is 14.8 Å². The van der Waals surface area contributed by atoms with E-state index in [-0.39, 0.29) is 5.54 Å². The molecule has 6 rings (SSSR count). The highest BCUT2D eigenvalue weighted by Gasteiger charge is 2.66. The molecule has 1 spiro atoms. The molecular weight excluding hydrogens is 342 g/mol. The summed E-state index contributed by atoms with van der Waals surface area (Å²) in [6.07, 6.45) is 13.5. The van der Waals surface area contributed by atoms with Crippen molar-refractivity contribution in [1.29, 1.82) is 0 Å². The first kappa shape index (κ1) is 16.1. The number of amides is 1. The van der Waals surface area contributed by atoms with Gasteiger partial charge in [0.2, 0.25) is 5.91 Å². The van der Waals surface area contributed by atoms with Gasteiger partial charge >= 0.3 is 0 Å². The number of likely N-dealkylation sites (tertiary alicyclic amines) is 1. The van der Waals surface area contributed by atoms with E-state index in [1.165, 1.54) is 73.4 Å². The fourth-order valence-corrected chi connectivity index (χ4v) is 8.08. The van der Waals surface area contributed by atoms with Crippen LogP contribution in [0.1, 0.15) is 79.4 Å². The lowest BCUT2D eigenvalue weighted by atomic mass is 9.85. The second-order valence-electron chi connectivity index (χ2n) is 9.19. The summed E-state index contributed by atoms with van der Waals surface area (Å²) in [6, 6.07) is 0.948. The Bertz CT molecular complexity index is 716. The number of rotatable bonds is 2. The largest absolute Gasteiger partial charge is 0.338 e. The van der Waals surface area contributed by atoms with Crippen LogP contribution in [0.15, 0.2) is 0 Å². The van der Waals surface area contributed by atoms with Crippen LogP contribution < -0.4 is 0 Å². The highest BCUT2D eigenvalue weighted by atomic mass is 32.1. The number of nitrogens with zero attached hydrogens (tertiary/aromatic N) is 3. The molecule has 3 saturated heterocycles.